The third kappa shape index (κ3) is 3.32. The molecule has 0 radical (unpaired) electrons. The van der Waals surface area contributed by atoms with Crippen LogP contribution in [0.25, 0.3) is 10.1 Å². The van der Waals surface area contributed by atoms with Gasteiger partial charge in [-0.25, -0.2) is 0 Å². The second-order valence-electron chi connectivity index (χ2n) is 4.93. The lowest BCUT2D eigenvalue weighted by atomic mass is 9.96. The Labute approximate surface area is 144 Å². The summed E-state index contributed by atoms with van der Waals surface area (Å²) in [4.78, 5) is 0. The van der Waals surface area contributed by atoms with Gasteiger partial charge in [0.2, 0.25) is 0 Å². The summed E-state index contributed by atoms with van der Waals surface area (Å²) < 4.78 is 1.07. The molecule has 0 fully saturated rings. The summed E-state index contributed by atoms with van der Waals surface area (Å²) in [6.45, 7) is 0. The number of hydrogen-bond acceptors (Lipinski definition) is 0. The minimum absolute atomic E-state index is 0.743. The molecule has 108 valence electrons. The van der Waals surface area contributed by atoms with Crippen LogP contribution in [0.3, 0.4) is 0 Å². The van der Waals surface area contributed by atoms with Gasteiger partial charge in [0.25, 0.3) is 0 Å². The first-order valence-electron chi connectivity index (χ1n) is 7.02. The number of halogens is 2. The monoisotopic (exact) mass is 368 g/mol. The average Bonchev–Trinajstić information content (AvgIpc) is 2.58. The van der Waals surface area contributed by atoms with Crippen molar-refractivity contribution < 1.29 is 0 Å². The van der Waals surface area contributed by atoms with Crippen molar-refractivity contribution in [1.29, 1.82) is 0 Å². The summed E-state index contributed by atoms with van der Waals surface area (Å²) in [6, 6.07) is 28.6. The summed E-state index contributed by atoms with van der Waals surface area (Å²) in [6.07, 6.45) is 0. The Hall–Kier alpha value is -1.83. The topological polar surface area (TPSA) is 0 Å². The standard InChI is InChI=1S/C20H14BrCl/c21-20(17-9-5-2-6-10-17)19(15-7-3-1-4-8-15)16-11-13-18(22)14-12-16/h1-14H. The first kappa shape index (κ1) is 15.1. The van der Waals surface area contributed by atoms with Crippen LogP contribution in [0, 0.1) is 0 Å². The Morgan fingerprint density at radius 1 is 0.591 bits per heavy atom. The SMILES string of the molecule is Clc1ccc(C(=C(Br)c2ccccc2)c2ccccc2)cc1. The Balaban J connectivity index is 2.21. The largest absolute Gasteiger partial charge is 0.0843 e. The minimum atomic E-state index is 0.743. The lowest BCUT2D eigenvalue weighted by Crippen LogP contribution is -1.91. The fourth-order valence-corrected chi connectivity index (χ4v) is 3.22. The molecule has 0 saturated heterocycles. The van der Waals surface area contributed by atoms with Crippen LogP contribution in [-0.4, -0.2) is 0 Å². The Kier molecular flexibility index (Phi) is 4.77. The molecular weight excluding hydrogens is 356 g/mol. The van der Waals surface area contributed by atoms with Crippen molar-refractivity contribution in [3.8, 4) is 0 Å². The third-order valence-electron chi connectivity index (χ3n) is 3.44. The van der Waals surface area contributed by atoms with Crippen LogP contribution in [0.5, 0.6) is 0 Å². The summed E-state index contributed by atoms with van der Waals surface area (Å²) >= 11 is 9.82. The van der Waals surface area contributed by atoms with E-state index in [-0.39, 0.29) is 0 Å². The molecule has 0 bridgehead atoms. The van der Waals surface area contributed by atoms with Gasteiger partial charge in [-0.3, -0.25) is 0 Å². The third-order valence-corrected chi connectivity index (χ3v) is 4.55. The summed E-state index contributed by atoms with van der Waals surface area (Å²) in [5.74, 6) is 0. The van der Waals surface area contributed by atoms with E-state index < -0.39 is 0 Å². The van der Waals surface area contributed by atoms with Crippen molar-refractivity contribution in [3.05, 3.63) is 107 Å². The quantitative estimate of drug-likeness (QED) is 0.453. The van der Waals surface area contributed by atoms with Gasteiger partial charge in [-0.05, 0) is 44.8 Å². The van der Waals surface area contributed by atoms with Crippen LogP contribution in [-0.2, 0) is 0 Å². The molecule has 0 aromatic heterocycles. The molecule has 0 aliphatic rings. The van der Waals surface area contributed by atoms with Crippen LogP contribution >= 0.6 is 27.5 Å². The van der Waals surface area contributed by atoms with E-state index in [0.29, 0.717) is 0 Å². The molecule has 2 heteroatoms. The average molecular weight is 370 g/mol. The molecule has 0 aliphatic heterocycles. The predicted molar refractivity (Wildman–Crippen MR) is 99.2 cm³/mol. The molecule has 22 heavy (non-hydrogen) atoms. The van der Waals surface area contributed by atoms with Gasteiger partial charge in [0.1, 0.15) is 0 Å². The number of hydrogen-bond donors (Lipinski definition) is 0. The van der Waals surface area contributed by atoms with Crippen molar-refractivity contribution in [3.63, 3.8) is 0 Å². The zero-order valence-corrected chi connectivity index (χ0v) is 14.2. The lowest BCUT2D eigenvalue weighted by Gasteiger charge is -2.13. The van der Waals surface area contributed by atoms with E-state index in [2.05, 4.69) is 64.5 Å². The van der Waals surface area contributed by atoms with Gasteiger partial charge in [-0.15, -0.1) is 0 Å². The van der Waals surface area contributed by atoms with E-state index in [9.17, 15) is 0 Å². The van der Waals surface area contributed by atoms with Crippen LogP contribution in [0.1, 0.15) is 16.7 Å². The number of benzene rings is 3. The van der Waals surface area contributed by atoms with Crippen LogP contribution in [0.15, 0.2) is 84.9 Å². The molecular formula is C20H14BrCl. The van der Waals surface area contributed by atoms with Gasteiger partial charge in [-0.1, -0.05) is 84.4 Å². The van der Waals surface area contributed by atoms with Gasteiger partial charge in [0.05, 0.1) is 0 Å². The molecule has 0 unspecified atom stereocenters. The molecule has 0 saturated carbocycles. The van der Waals surface area contributed by atoms with Crippen LogP contribution < -0.4 is 0 Å². The molecule has 0 N–H and O–H groups in total. The first-order chi connectivity index (χ1) is 10.8. The van der Waals surface area contributed by atoms with Gasteiger partial charge >= 0.3 is 0 Å². The van der Waals surface area contributed by atoms with Crippen LogP contribution in [0.2, 0.25) is 5.02 Å². The molecule has 0 nitrogen and oxygen atoms in total. The van der Waals surface area contributed by atoms with Crippen molar-refractivity contribution >= 4 is 37.6 Å². The second kappa shape index (κ2) is 6.95. The summed E-state index contributed by atoms with van der Waals surface area (Å²) in [7, 11) is 0. The van der Waals surface area contributed by atoms with Crippen molar-refractivity contribution in [2.45, 2.75) is 0 Å². The van der Waals surface area contributed by atoms with E-state index in [1.54, 1.807) is 0 Å². The highest BCUT2D eigenvalue weighted by Gasteiger charge is 2.11. The Morgan fingerprint density at radius 2 is 1.05 bits per heavy atom. The van der Waals surface area contributed by atoms with Gasteiger partial charge in [-0.2, -0.15) is 0 Å². The molecule has 3 aromatic rings. The van der Waals surface area contributed by atoms with E-state index in [0.717, 1.165) is 26.2 Å². The summed E-state index contributed by atoms with van der Waals surface area (Å²) in [5, 5.41) is 0.743. The maximum Gasteiger partial charge on any atom is 0.0406 e. The highest BCUT2D eigenvalue weighted by atomic mass is 79.9. The van der Waals surface area contributed by atoms with Crippen molar-refractivity contribution in [2.24, 2.45) is 0 Å². The molecule has 3 rings (SSSR count). The smallest absolute Gasteiger partial charge is 0.0406 e. The van der Waals surface area contributed by atoms with Gasteiger partial charge in [0, 0.05) is 15.1 Å². The minimum Gasteiger partial charge on any atom is -0.0843 e. The van der Waals surface area contributed by atoms with E-state index >= 15 is 0 Å². The second-order valence-corrected chi connectivity index (χ2v) is 6.16. The Bertz CT molecular complexity index is 775. The molecule has 0 aliphatic carbocycles. The van der Waals surface area contributed by atoms with Crippen molar-refractivity contribution in [2.75, 3.05) is 0 Å². The molecule has 0 spiro atoms. The zero-order valence-electron chi connectivity index (χ0n) is 11.8. The lowest BCUT2D eigenvalue weighted by molar-refractivity contribution is 1.55. The normalized spacial score (nSPS) is 11.9. The van der Waals surface area contributed by atoms with E-state index in [4.69, 9.17) is 11.6 Å². The fourth-order valence-electron chi connectivity index (χ4n) is 2.37. The van der Waals surface area contributed by atoms with E-state index in [1.165, 1.54) is 5.56 Å². The van der Waals surface area contributed by atoms with Crippen molar-refractivity contribution in [1.82, 2.24) is 0 Å². The van der Waals surface area contributed by atoms with E-state index in [1.807, 2.05) is 36.4 Å². The zero-order chi connectivity index (χ0) is 15.4. The maximum atomic E-state index is 6.03. The first-order valence-corrected chi connectivity index (χ1v) is 8.19. The maximum absolute atomic E-state index is 6.03. The van der Waals surface area contributed by atoms with Gasteiger partial charge in [0.15, 0.2) is 0 Å². The van der Waals surface area contributed by atoms with Crippen LogP contribution in [0.4, 0.5) is 0 Å². The molecule has 3 aromatic carbocycles. The molecule has 0 atom stereocenters. The highest BCUT2D eigenvalue weighted by molar-refractivity contribution is 9.15. The highest BCUT2D eigenvalue weighted by Crippen LogP contribution is 2.36. The molecule has 0 amide bonds. The summed E-state index contributed by atoms with van der Waals surface area (Å²) in [5.41, 5.74) is 4.60. The number of rotatable bonds is 3. The molecule has 0 heterocycles. The Morgan fingerprint density at radius 3 is 1.59 bits per heavy atom. The predicted octanol–water partition coefficient (Wildman–Crippen LogP) is 6.65. The van der Waals surface area contributed by atoms with Gasteiger partial charge < -0.3 is 0 Å². The fraction of sp³-hybridized carbons (Fsp3) is 0.